The average Bonchev–Trinajstić information content (AvgIpc) is 3.34. The highest BCUT2D eigenvalue weighted by Crippen LogP contribution is 2.65. The number of ether oxygens (including phenoxy) is 1. The van der Waals surface area contributed by atoms with Gasteiger partial charge in [0, 0.05) is 24.3 Å². The van der Waals surface area contributed by atoms with Crippen LogP contribution in [0.15, 0.2) is 12.1 Å². The van der Waals surface area contributed by atoms with Crippen LogP contribution in [0.2, 0.25) is 0 Å². The Balaban J connectivity index is 1.64. The molecule has 27 heavy (non-hydrogen) atoms. The first kappa shape index (κ1) is 16.1. The van der Waals surface area contributed by atoms with Crippen LogP contribution in [-0.2, 0) is 21.4 Å². The van der Waals surface area contributed by atoms with Crippen LogP contribution < -0.4 is 4.74 Å². The van der Waals surface area contributed by atoms with Gasteiger partial charge in [-0.25, -0.2) is 0 Å². The molecule has 1 spiro atoms. The maximum Gasteiger partial charge on any atom is 0.189 e. The van der Waals surface area contributed by atoms with Gasteiger partial charge in [-0.15, -0.1) is 0 Å². The van der Waals surface area contributed by atoms with Crippen molar-refractivity contribution in [3.8, 4) is 11.5 Å². The Hall–Kier alpha value is -1.92. The summed E-state index contributed by atoms with van der Waals surface area (Å²) < 4.78 is 6.65. The lowest BCUT2D eigenvalue weighted by atomic mass is 9.48. The van der Waals surface area contributed by atoms with Gasteiger partial charge in [0.05, 0.1) is 32.0 Å². The maximum absolute atomic E-state index is 13.2. The van der Waals surface area contributed by atoms with Crippen LogP contribution in [0.5, 0.6) is 11.5 Å². The van der Waals surface area contributed by atoms with Crippen LogP contribution in [0.3, 0.4) is 0 Å². The van der Waals surface area contributed by atoms with Crippen LogP contribution in [0.4, 0.5) is 0 Å². The van der Waals surface area contributed by atoms with E-state index in [9.17, 15) is 19.8 Å². The lowest BCUT2D eigenvalue weighted by Crippen LogP contribution is -2.83. The molecule has 5 aliphatic rings. The van der Waals surface area contributed by atoms with Gasteiger partial charge in [-0.1, -0.05) is 6.07 Å². The van der Waals surface area contributed by atoms with Gasteiger partial charge >= 0.3 is 0 Å². The summed E-state index contributed by atoms with van der Waals surface area (Å²) in [5.74, 6) is 0.319. The number of carbonyl (C=O) groups is 2. The summed E-state index contributed by atoms with van der Waals surface area (Å²) >= 11 is 0. The van der Waals surface area contributed by atoms with Crippen LogP contribution >= 0.6 is 0 Å². The topological polar surface area (TPSA) is 83.8 Å². The number of likely N-dealkylation sites (N-methyl/N-ethyl adjacent to an activating group) is 1. The Labute approximate surface area is 157 Å². The lowest BCUT2D eigenvalue weighted by Gasteiger charge is -2.63. The molecule has 2 N–H and O–H groups in total. The molecule has 1 aromatic carbocycles. The smallest absolute Gasteiger partial charge is 0.189 e. The number of hydrogen-bond acceptors (Lipinski definition) is 5. The summed E-state index contributed by atoms with van der Waals surface area (Å²) in [6.45, 7) is 1.77. The molecule has 3 fully saturated rings. The van der Waals surface area contributed by atoms with Gasteiger partial charge < -0.3 is 19.4 Å². The van der Waals surface area contributed by atoms with Gasteiger partial charge in [-0.2, -0.15) is 0 Å². The van der Waals surface area contributed by atoms with Gasteiger partial charge in [0.2, 0.25) is 0 Å². The predicted molar refractivity (Wildman–Crippen MR) is 94.5 cm³/mol. The van der Waals surface area contributed by atoms with Crippen molar-refractivity contribution in [3.63, 3.8) is 0 Å². The van der Waals surface area contributed by atoms with Crippen molar-refractivity contribution in [2.45, 2.75) is 55.3 Å². The largest absolute Gasteiger partial charge is 0.504 e. The highest BCUT2D eigenvalue weighted by atomic mass is 16.5. The van der Waals surface area contributed by atoms with E-state index in [2.05, 4.69) is 7.05 Å². The van der Waals surface area contributed by atoms with E-state index < -0.39 is 17.1 Å². The van der Waals surface area contributed by atoms with Crippen LogP contribution in [-0.4, -0.2) is 64.1 Å². The Bertz CT molecular complexity index is 923. The fourth-order valence-electron chi connectivity index (χ4n) is 6.76. The molecule has 6 nitrogen and oxygen atoms in total. The van der Waals surface area contributed by atoms with Crippen molar-refractivity contribution in [3.05, 3.63) is 23.3 Å². The van der Waals surface area contributed by atoms with E-state index >= 15 is 0 Å². The number of rotatable bonds is 2. The fourth-order valence-corrected chi connectivity index (χ4v) is 6.76. The Morgan fingerprint density at radius 1 is 1.30 bits per heavy atom. The molecule has 2 aliphatic heterocycles. The van der Waals surface area contributed by atoms with E-state index in [1.165, 1.54) is 12.8 Å². The maximum atomic E-state index is 13.2. The summed E-state index contributed by atoms with van der Waals surface area (Å²) in [6.07, 6.45) is 2.37. The van der Waals surface area contributed by atoms with E-state index in [0.29, 0.717) is 34.6 Å². The highest BCUT2D eigenvalue weighted by Gasteiger charge is 2.79. The summed E-state index contributed by atoms with van der Waals surface area (Å²) in [5.41, 5.74) is -0.945. The number of ketones is 2. The van der Waals surface area contributed by atoms with Crippen molar-refractivity contribution in [1.82, 2.24) is 0 Å². The number of aliphatic hydroxyl groups is 1. The third-order valence-electron chi connectivity index (χ3n) is 8.12. The van der Waals surface area contributed by atoms with E-state index in [1.807, 2.05) is 6.07 Å². The third kappa shape index (κ3) is 1.62. The molecular formula is C21H24NO5+. The number of Topliss-reactive ketones (excluding diaryl/α,β-unsaturated/α-hetero) is 2. The Morgan fingerprint density at radius 2 is 2.07 bits per heavy atom. The second kappa shape index (κ2) is 4.55. The molecule has 6 rings (SSSR count). The lowest BCUT2D eigenvalue weighted by molar-refractivity contribution is -0.948. The molecule has 2 saturated carbocycles. The van der Waals surface area contributed by atoms with Crippen LogP contribution in [0, 0.1) is 5.92 Å². The molecule has 0 amide bonds. The minimum atomic E-state index is -1.61. The van der Waals surface area contributed by atoms with E-state index in [4.69, 9.17) is 4.74 Å². The van der Waals surface area contributed by atoms with Crippen LogP contribution in [0.1, 0.15) is 36.8 Å². The van der Waals surface area contributed by atoms with Gasteiger partial charge in [0.15, 0.2) is 34.8 Å². The monoisotopic (exact) mass is 370 g/mol. The molecule has 0 radical (unpaired) electrons. The summed E-state index contributed by atoms with van der Waals surface area (Å²) in [6, 6.07) is 3.21. The normalized spacial score (nSPS) is 44.1. The van der Waals surface area contributed by atoms with Crippen LogP contribution in [0.25, 0.3) is 0 Å². The minimum absolute atomic E-state index is 0.0145. The molecule has 142 valence electrons. The number of aromatic hydroxyl groups is 1. The SMILES string of the molecule is C[N+]1(CC2CC2)CCC23c4c5ccc(O)c4O[C@H]2C(=O)CC(=O)[C@@]3(O)C1C5. The van der Waals surface area contributed by atoms with Gasteiger partial charge in [0.25, 0.3) is 0 Å². The van der Waals surface area contributed by atoms with Crippen molar-refractivity contribution in [2.24, 2.45) is 5.92 Å². The average molecular weight is 370 g/mol. The number of phenols is 1. The number of nitrogens with zero attached hydrogens (tertiary/aromatic N) is 1. The molecule has 2 bridgehead atoms. The zero-order chi connectivity index (χ0) is 18.8. The highest BCUT2D eigenvalue weighted by molar-refractivity contribution is 6.11. The first-order chi connectivity index (χ1) is 12.8. The van der Waals surface area contributed by atoms with Crippen molar-refractivity contribution in [2.75, 3.05) is 20.1 Å². The fraction of sp³-hybridized carbons (Fsp3) is 0.619. The predicted octanol–water partition coefficient (Wildman–Crippen LogP) is 0.849. The number of benzene rings is 1. The zero-order valence-electron chi connectivity index (χ0n) is 15.4. The first-order valence-electron chi connectivity index (χ1n) is 9.96. The minimum Gasteiger partial charge on any atom is -0.504 e. The van der Waals surface area contributed by atoms with E-state index in [1.54, 1.807) is 6.07 Å². The molecule has 5 atom stereocenters. The van der Waals surface area contributed by atoms with E-state index in [-0.39, 0.29) is 29.8 Å². The molecule has 1 saturated heterocycles. The van der Waals surface area contributed by atoms with Gasteiger partial charge in [-0.05, 0) is 24.5 Å². The molecule has 1 aromatic rings. The standard InChI is InChI=1S/C21H23NO5/c1-22(10-11-2-3-11)7-6-20-17-12-4-5-13(23)18(17)27-19(20)14(24)9-16(25)21(20,26)15(22)8-12/h4-5,11,15,19,26H,2-3,6-10H2,1H3/p+1/t15?,19-,20?,21-,22?/m0/s1. The zero-order valence-corrected chi connectivity index (χ0v) is 15.4. The molecule has 3 aliphatic carbocycles. The quantitative estimate of drug-likeness (QED) is 0.596. The molecule has 6 heteroatoms. The first-order valence-corrected chi connectivity index (χ1v) is 9.96. The molecule has 0 aromatic heterocycles. The Kier molecular flexibility index (Phi) is 2.71. The summed E-state index contributed by atoms with van der Waals surface area (Å²) in [5, 5.41) is 22.4. The van der Waals surface area contributed by atoms with Crippen molar-refractivity contribution < 1.29 is 29.0 Å². The number of carbonyl (C=O) groups excluding carboxylic acids is 2. The number of hydrogen-bond donors (Lipinski definition) is 2. The summed E-state index contributed by atoms with van der Waals surface area (Å²) in [4.78, 5) is 26.0. The number of phenolic OH excluding ortho intramolecular Hbond substituents is 1. The van der Waals surface area contributed by atoms with Gasteiger partial charge in [0.1, 0.15) is 6.04 Å². The number of piperidine rings is 1. The second-order valence-electron chi connectivity index (χ2n) is 9.55. The summed E-state index contributed by atoms with van der Waals surface area (Å²) in [7, 11) is 2.16. The third-order valence-corrected chi connectivity index (χ3v) is 8.12. The Morgan fingerprint density at radius 3 is 2.81 bits per heavy atom. The molecule has 2 heterocycles. The van der Waals surface area contributed by atoms with E-state index in [0.717, 1.165) is 18.7 Å². The van der Waals surface area contributed by atoms with Crippen molar-refractivity contribution >= 4 is 11.6 Å². The number of likely N-dealkylation sites (tertiary alicyclic amines) is 1. The number of quaternary nitrogens is 1. The molecule has 3 unspecified atom stereocenters. The second-order valence-corrected chi connectivity index (χ2v) is 9.55. The van der Waals surface area contributed by atoms with Crippen molar-refractivity contribution in [1.29, 1.82) is 0 Å². The molecular weight excluding hydrogens is 346 g/mol. The van der Waals surface area contributed by atoms with Gasteiger partial charge in [-0.3, -0.25) is 9.59 Å².